The van der Waals surface area contributed by atoms with Gasteiger partial charge in [-0.15, -0.1) is 0 Å². The van der Waals surface area contributed by atoms with Crippen LogP contribution in [0.15, 0.2) is 89.9 Å². The molecule has 1 aliphatic rings. The zero-order valence-corrected chi connectivity index (χ0v) is 16.8. The first-order chi connectivity index (χ1) is 14.6. The van der Waals surface area contributed by atoms with Crippen molar-refractivity contribution in [2.24, 2.45) is 4.99 Å². The molecule has 2 amide bonds. The lowest BCUT2D eigenvalue weighted by Crippen LogP contribution is -2.43. The smallest absolute Gasteiger partial charge is 0.252 e. The summed E-state index contributed by atoms with van der Waals surface area (Å²) < 4.78 is 0. The van der Waals surface area contributed by atoms with Crippen LogP contribution in [0.1, 0.15) is 23.6 Å². The highest BCUT2D eigenvalue weighted by molar-refractivity contribution is 6.20. The molecule has 0 saturated heterocycles. The lowest BCUT2D eigenvalue weighted by Gasteiger charge is -2.24. The molecule has 5 nitrogen and oxygen atoms in total. The van der Waals surface area contributed by atoms with Gasteiger partial charge in [-0.25, -0.2) is 0 Å². The van der Waals surface area contributed by atoms with Gasteiger partial charge in [0.15, 0.2) is 0 Å². The Kier molecular flexibility index (Phi) is 5.70. The second-order valence-corrected chi connectivity index (χ2v) is 7.22. The van der Waals surface area contributed by atoms with E-state index < -0.39 is 6.04 Å². The van der Waals surface area contributed by atoms with Crippen molar-refractivity contribution < 1.29 is 9.59 Å². The number of nitrogens with zero attached hydrogens (tertiary/aromatic N) is 2. The van der Waals surface area contributed by atoms with Gasteiger partial charge in [0, 0.05) is 17.7 Å². The molecule has 0 bridgehead atoms. The quantitative estimate of drug-likeness (QED) is 0.715. The van der Waals surface area contributed by atoms with Crippen LogP contribution >= 0.6 is 0 Å². The first-order valence-electron chi connectivity index (χ1n) is 9.98. The zero-order chi connectivity index (χ0) is 20.9. The first kappa shape index (κ1) is 19.6. The Morgan fingerprint density at radius 3 is 2.30 bits per heavy atom. The summed E-state index contributed by atoms with van der Waals surface area (Å²) in [6.07, 6.45) is 0. The molecule has 150 valence electrons. The molecule has 1 atom stereocenters. The number of benzene rings is 3. The van der Waals surface area contributed by atoms with E-state index in [0.29, 0.717) is 12.2 Å². The summed E-state index contributed by atoms with van der Waals surface area (Å²) >= 11 is 0. The van der Waals surface area contributed by atoms with Gasteiger partial charge in [-0.2, -0.15) is 0 Å². The molecule has 1 unspecified atom stereocenters. The predicted octanol–water partition coefficient (Wildman–Crippen LogP) is 3.58. The van der Waals surface area contributed by atoms with Crippen molar-refractivity contribution in [3.63, 3.8) is 0 Å². The summed E-state index contributed by atoms with van der Waals surface area (Å²) in [6.45, 7) is 2.14. The fourth-order valence-corrected chi connectivity index (χ4v) is 3.56. The monoisotopic (exact) mass is 397 g/mol. The van der Waals surface area contributed by atoms with Crippen LogP contribution in [0.2, 0.25) is 0 Å². The van der Waals surface area contributed by atoms with Gasteiger partial charge in [0.25, 0.3) is 5.91 Å². The molecule has 0 aromatic heterocycles. The Bertz CT molecular complexity index is 1080. The van der Waals surface area contributed by atoms with Crippen molar-refractivity contribution in [1.82, 2.24) is 5.32 Å². The Balaban J connectivity index is 1.62. The van der Waals surface area contributed by atoms with Crippen molar-refractivity contribution in [1.29, 1.82) is 0 Å². The van der Waals surface area contributed by atoms with Gasteiger partial charge >= 0.3 is 0 Å². The fraction of sp³-hybridized carbons (Fsp3) is 0.160. The topological polar surface area (TPSA) is 61.8 Å². The highest BCUT2D eigenvalue weighted by atomic mass is 16.2. The van der Waals surface area contributed by atoms with Gasteiger partial charge in [-0.3, -0.25) is 14.6 Å². The molecule has 1 N–H and O–H groups in total. The third-order valence-electron chi connectivity index (χ3n) is 5.08. The minimum atomic E-state index is -0.588. The molecule has 3 aromatic rings. The summed E-state index contributed by atoms with van der Waals surface area (Å²) in [5.41, 5.74) is 4.26. The molecule has 0 aliphatic carbocycles. The van der Waals surface area contributed by atoms with Gasteiger partial charge in [0.05, 0.1) is 11.4 Å². The van der Waals surface area contributed by atoms with Crippen LogP contribution < -0.4 is 10.2 Å². The molecule has 0 fully saturated rings. The van der Waals surface area contributed by atoms with Gasteiger partial charge in [0.2, 0.25) is 5.91 Å². The van der Waals surface area contributed by atoms with Gasteiger partial charge in [0.1, 0.15) is 12.6 Å². The lowest BCUT2D eigenvalue weighted by atomic mass is 10.0. The van der Waals surface area contributed by atoms with Crippen LogP contribution in [0.25, 0.3) is 0 Å². The Hall–Kier alpha value is -3.73. The lowest BCUT2D eigenvalue weighted by molar-refractivity contribution is -0.124. The first-order valence-corrected chi connectivity index (χ1v) is 9.98. The van der Waals surface area contributed by atoms with E-state index in [-0.39, 0.29) is 18.4 Å². The number of carbonyl (C=O) groups is 2. The average Bonchev–Trinajstić information content (AvgIpc) is 2.89. The third kappa shape index (κ3) is 4.15. The second-order valence-electron chi connectivity index (χ2n) is 7.22. The number of fused-ring (bicyclic) bond motifs is 1. The SMILES string of the molecule is CC1N=C(c2ccccc2)c2ccccc2N(CC(=O)NCc2ccccc2)C1=O. The van der Waals surface area contributed by atoms with E-state index in [2.05, 4.69) is 5.32 Å². The average molecular weight is 397 g/mol. The van der Waals surface area contributed by atoms with E-state index in [1.165, 1.54) is 0 Å². The Morgan fingerprint density at radius 2 is 1.57 bits per heavy atom. The number of aliphatic imine (C=N–C) groups is 1. The molecule has 0 spiro atoms. The number of amides is 2. The Morgan fingerprint density at radius 1 is 0.933 bits per heavy atom. The van der Waals surface area contributed by atoms with E-state index in [1.807, 2.05) is 84.9 Å². The molecule has 30 heavy (non-hydrogen) atoms. The highest BCUT2D eigenvalue weighted by Crippen LogP contribution is 2.28. The van der Waals surface area contributed by atoms with Gasteiger partial charge < -0.3 is 10.2 Å². The predicted molar refractivity (Wildman–Crippen MR) is 119 cm³/mol. The maximum absolute atomic E-state index is 13.1. The summed E-state index contributed by atoms with van der Waals surface area (Å²) in [5, 5.41) is 2.91. The fourth-order valence-electron chi connectivity index (χ4n) is 3.56. The largest absolute Gasteiger partial charge is 0.350 e. The Labute approximate surface area is 176 Å². The van der Waals surface area contributed by atoms with Crippen LogP contribution in [0.5, 0.6) is 0 Å². The van der Waals surface area contributed by atoms with Crippen molar-refractivity contribution in [3.8, 4) is 0 Å². The van der Waals surface area contributed by atoms with Gasteiger partial charge in [-0.1, -0.05) is 78.9 Å². The van der Waals surface area contributed by atoms with E-state index in [9.17, 15) is 9.59 Å². The number of anilines is 1. The van der Waals surface area contributed by atoms with E-state index in [0.717, 1.165) is 22.4 Å². The number of hydrogen-bond acceptors (Lipinski definition) is 3. The van der Waals surface area contributed by atoms with E-state index in [1.54, 1.807) is 11.8 Å². The van der Waals surface area contributed by atoms with Crippen LogP contribution in [-0.2, 0) is 16.1 Å². The van der Waals surface area contributed by atoms with Crippen molar-refractivity contribution in [2.75, 3.05) is 11.4 Å². The third-order valence-corrected chi connectivity index (χ3v) is 5.08. The second kappa shape index (κ2) is 8.74. The number of para-hydroxylation sites is 1. The normalized spacial score (nSPS) is 15.8. The van der Waals surface area contributed by atoms with Gasteiger partial charge in [-0.05, 0) is 18.6 Å². The standard InChI is InChI=1S/C25H23N3O2/c1-18-25(30)28(17-23(29)26-16-19-10-4-2-5-11-19)22-15-9-8-14-21(22)24(27-18)20-12-6-3-7-13-20/h2-15,18H,16-17H2,1H3,(H,26,29). The summed E-state index contributed by atoms with van der Waals surface area (Å²) in [5.74, 6) is -0.402. The number of nitrogens with one attached hydrogen (secondary N) is 1. The van der Waals surface area contributed by atoms with E-state index in [4.69, 9.17) is 4.99 Å². The molecule has 0 radical (unpaired) electrons. The molecule has 5 heteroatoms. The van der Waals surface area contributed by atoms with Crippen molar-refractivity contribution in [3.05, 3.63) is 102 Å². The number of rotatable bonds is 5. The van der Waals surface area contributed by atoms with Crippen molar-refractivity contribution in [2.45, 2.75) is 19.5 Å². The maximum atomic E-state index is 13.1. The number of carbonyl (C=O) groups excluding carboxylic acids is 2. The van der Waals surface area contributed by atoms with Crippen LogP contribution in [0, 0.1) is 0 Å². The van der Waals surface area contributed by atoms with Crippen LogP contribution in [0.3, 0.4) is 0 Å². The van der Waals surface area contributed by atoms with Crippen molar-refractivity contribution >= 4 is 23.2 Å². The summed E-state index contributed by atoms with van der Waals surface area (Å²) in [4.78, 5) is 32.1. The summed E-state index contributed by atoms with van der Waals surface area (Å²) in [6, 6.07) is 26.5. The molecule has 3 aromatic carbocycles. The number of benzodiazepines with no additional fused rings is 1. The molecular weight excluding hydrogens is 374 g/mol. The molecule has 4 rings (SSSR count). The summed E-state index contributed by atoms with van der Waals surface area (Å²) in [7, 11) is 0. The molecule has 1 heterocycles. The minimum absolute atomic E-state index is 0.0510. The van der Waals surface area contributed by atoms with Crippen LogP contribution in [0.4, 0.5) is 5.69 Å². The zero-order valence-electron chi connectivity index (χ0n) is 16.8. The highest BCUT2D eigenvalue weighted by Gasteiger charge is 2.30. The molecular formula is C25H23N3O2. The van der Waals surface area contributed by atoms with E-state index >= 15 is 0 Å². The maximum Gasteiger partial charge on any atom is 0.252 e. The molecule has 0 saturated carbocycles. The minimum Gasteiger partial charge on any atom is -0.350 e. The number of hydrogen-bond donors (Lipinski definition) is 1. The molecule has 1 aliphatic heterocycles. The van der Waals surface area contributed by atoms with Crippen LogP contribution in [-0.4, -0.2) is 30.1 Å².